The zero-order valence-corrected chi connectivity index (χ0v) is 64.9. The third kappa shape index (κ3) is 29.7. The number of ether oxygens (including phenoxy) is 8. The second kappa shape index (κ2) is 45.8. The number of nitrogens with one attached hydrogen (secondary N) is 4. The van der Waals surface area contributed by atoms with Gasteiger partial charge in [0.25, 0.3) is 22.2 Å². The van der Waals surface area contributed by atoms with Crippen LogP contribution in [0.15, 0.2) is 257 Å². The lowest BCUT2D eigenvalue weighted by Crippen LogP contribution is -2.30. The molecule has 0 atom stereocenters. The highest BCUT2D eigenvalue weighted by Crippen LogP contribution is 2.39. The van der Waals surface area contributed by atoms with Crippen LogP contribution >= 0.6 is 46.4 Å². The quantitative estimate of drug-likeness (QED) is 0.0261. The van der Waals surface area contributed by atoms with E-state index in [0.717, 1.165) is 24.3 Å². The number of H-pyrrole nitrogens is 4. The lowest BCUT2D eigenvalue weighted by Gasteiger charge is -2.14. The Kier molecular flexibility index (Phi) is 34.6. The molecule has 0 unspecified atom stereocenters. The van der Waals surface area contributed by atoms with Crippen molar-refractivity contribution >= 4 is 70.7 Å². The van der Waals surface area contributed by atoms with Gasteiger partial charge < -0.3 is 37.9 Å². The molecule has 0 saturated heterocycles. The highest BCUT2D eigenvalue weighted by Gasteiger charge is 2.16. The van der Waals surface area contributed by atoms with Crippen molar-refractivity contribution in [1.29, 1.82) is 21.0 Å². The maximum atomic E-state index is 13.9. The summed E-state index contributed by atoms with van der Waals surface area (Å²) in [6.45, 7) is 0.825. The first-order valence-corrected chi connectivity index (χ1v) is 36.4. The van der Waals surface area contributed by atoms with E-state index < -0.39 is 68.3 Å². The van der Waals surface area contributed by atoms with Gasteiger partial charge in [0.2, 0.25) is 0 Å². The summed E-state index contributed by atoms with van der Waals surface area (Å²) in [5.74, 6) is 0.826. The molecule has 0 aliphatic carbocycles. The number of allylic oxidation sites excluding steroid dienone is 4. The van der Waals surface area contributed by atoms with Crippen LogP contribution < -0.4 is 82.9 Å². The summed E-state index contributed by atoms with van der Waals surface area (Å²) in [6, 6.07) is 47.1. The summed E-state index contributed by atoms with van der Waals surface area (Å²) < 4.78 is 106. The fourth-order valence-corrected chi connectivity index (χ4v) is 11.0. The van der Waals surface area contributed by atoms with Gasteiger partial charge in [-0.05, 0) is 156 Å². The molecule has 616 valence electrons. The standard InChI is InChI=1S/C21H15Cl2N3O4.2C21H15ClFN3O4.C21H15F2N3O4.CH4/c22-15-3-4-18(30-17-11-14(2-1-6-24)10-16(23)12-17)19(13-15)29-9-8-26-7-5-20(27)25-21(26)28;22-15-10-14(2-1-6-24)11-17(12-15)30-18-4-3-16(23)13-19(18)29-9-8-26-7-5-20(27)25-21(26)28;22-15-3-4-18(30-17-11-14(2-1-6-24)10-16(23)13-17)19(12-15)29-9-8-26-7-5-20(27)25-21(26)28;22-15-3-4-18(30-17-11-14(2-1-6-24)10-16(23)12-17)19(13-15)29-9-8-26-7-5-20(27)25-21(26)28;/h4*1-5,7,10-13H,8-9H2,(H,25,27,28);1H4/b4*2-1+;. The second-order valence-electron chi connectivity index (χ2n) is 24.1. The van der Waals surface area contributed by atoms with Gasteiger partial charge in [-0.2, -0.15) is 21.0 Å². The molecule has 0 amide bonds. The molecule has 0 aliphatic rings. The van der Waals surface area contributed by atoms with Crippen LogP contribution in [0.5, 0.6) is 69.0 Å². The average Bonchev–Trinajstić information content (AvgIpc) is 0.842. The van der Waals surface area contributed by atoms with E-state index in [4.69, 9.17) is 105 Å². The molecule has 12 aromatic rings. The molecule has 4 N–H and O–H groups in total. The average molecular weight is 1730 g/mol. The summed E-state index contributed by atoms with van der Waals surface area (Å²) in [6.07, 6.45) is 16.5. The third-order valence-corrected chi connectivity index (χ3v) is 16.4. The van der Waals surface area contributed by atoms with E-state index >= 15 is 0 Å². The van der Waals surface area contributed by atoms with Crippen molar-refractivity contribution in [1.82, 2.24) is 38.2 Å². The topological polar surface area (TPSA) is 388 Å². The molecule has 36 heteroatoms. The number of benzene rings is 8. The highest BCUT2D eigenvalue weighted by atomic mass is 35.5. The predicted molar refractivity (Wildman–Crippen MR) is 444 cm³/mol. The van der Waals surface area contributed by atoms with E-state index in [1.165, 1.54) is 152 Å². The van der Waals surface area contributed by atoms with Crippen molar-refractivity contribution in [3.05, 3.63) is 368 Å². The van der Waals surface area contributed by atoms with Gasteiger partial charge in [-0.1, -0.05) is 53.8 Å². The summed E-state index contributed by atoms with van der Waals surface area (Å²) in [5, 5.41) is 36.3. The lowest BCUT2D eigenvalue weighted by molar-refractivity contribution is 0.281. The first kappa shape index (κ1) is 91.2. The zero-order chi connectivity index (χ0) is 86.0. The molecule has 121 heavy (non-hydrogen) atoms. The number of hydrogen-bond acceptors (Lipinski definition) is 20. The summed E-state index contributed by atoms with van der Waals surface area (Å²) in [4.78, 5) is 99.9. The molecule has 0 fully saturated rings. The largest absolute Gasteiger partial charge is 0.488 e. The number of aromatic amines is 4. The van der Waals surface area contributed by atoms with Gasteiger partial charge in [0.15, 0.2) is 46.0 Å². The Bertz CT molecular complexity index is 5750. The van der Waals surface area contributed by atoms with Gasteiger partial charge >= 0.3 is 22.8 Å². The van der Waals surface area contributed by atoms with E-state index in [1.807, 2.05) is 24.3 Å². The van der Waals surface area contributed by atoms with Crippen LogP contribution in [-0.4, -0.2) is 64.6 Å². The van der Waals surface area contributed by atoms with Gasteiger partial charge in [0, 0.05) is 130 Å². The molecule has 4 heterocycles. The SMILES string of the molecule is C.N#C/C=C/c1cc(Cl)cc(Oc2ccc(Cl)cc2OCCn2ccc(=O)[nH]c2=O)c1.N#C/C=C/c1cc(Cl)cc(Oc2ccc(F)cc2OCCn2ccc(=O)[nH]c2=O)c1.N#C/C=C/c1cc(F)cc(Oc2ccc(Cl)cc2OCCn2ccc(=O)[nH]c2=O)c1.N#C/C=C/c1cc(F)cc(Oc2ccc(F)cc2OCCn2ccc(=O)[nH]c2=O)c1. The third-order valence-electron chi connectivity index (χ3n) is 15.5. The Balaban J connectivity index is 0.000000200. The van der Waals surface area contributed by atoms with Gasteiger partial charge in [0.1, 0.15) is 72.7 Å². The van der Waals surface area contributed by atoms with Crippen molar-refractivity contribution in [3.63, 3.8) is 0 Å². The van der Waals surface area contributed by atoms with Crippen LogP contribution in [0.2, 0.25) is 20.1 Å². The van der Waals surface area contributed by atoms with E-state index in [2.05, 4.69) is 19.9 Å². The molecule has 4 aromatic heterocycles. The van der Waals surface area contributed by atoms with Gasteiger partial charge in [-0.15, -0.1) is 0 Å². The number of rotatable bonds is 28. The fraction of sp³-hybridized carbons (Fsp3) is 0.106. The summed E-state index contributed by atoms with van der Waals surface area (Å²) in [5.41, 5.74) is -1.98. The molecular formula is C85H64Cl4F4N12O16. The minimum Gasteiger partial charge on any atom is -0.488 e. The molecule has 8 aromatic carbocycles. The number of halogens is 8. The van der Waals surface area contributed by atoms with Crippen molar-refractivity contribution < 1.29 is 55.5 Å². The van der Waals surface area contributed by atoms with E-state index in [0.29, 0.717) is 71.1 Å². The molecule has 0 aliphatic heterocycles. The van der Waals surface area contributed by atoms with Crippen molar-refractivity contribution in [2.45, 2.75) is 33.6 Å². The second-order valence-corrected chi connectivity index (χ2v) is 25.9. The summed E-state index contributed by atoms with van der Waals surface area (Å²) >= 11 is 24.3. The zero-order valence-electron chi connectivity index (χ0n) is 61.9. The first-order valence-electron chi connectivity index (χ1n) is 34.8. The summed E-state index contributed by atoms with van der Waals surface area (Å²) in [7, 11) is 0. The van der Waals surface area contributed by atoms with Crippen LogP contribution in [0, 0.1) is 68.6 Å². The maximum absolute atomic E-state index is 13.9. The van der Waals surface area contributed by atoms with Crippen LogP contribution in [0.25, 0.3) is 24.3 Å². The Hall–Kier alpha value is -15.3. The minimum absolute atomic E-state index is 0. The number of nitriles is 4. The molecule has 0 spiro atoms. The molecule has 0 saturated carbocycles. The Labute approximate surface area is 702 Å². The van der Waals surface area contributed by atoms with Crippen molar-refractivity contribution in [2.24, 2.45) is 0 Å². The van der Waals surface area contributed by atoms with Crippen LogP contribution in [0.1, 0.15) is 29.7 Å². The van der Waals surface area contributed by atoms with E-state index in [-0.39, 0.29) is 100 Å². The molecule has 0 bridgehead atoms. The number of aromatic nitrogens is 8. The first-order chi connectivity index (χ1) is 57.8. The van der Waals surface area contributed by atoms with Gasteiger partial charge in [-0.25, -0.2) is 36.7 Å². The van der Waals surface area contributed by atoms with Crippen molar-refractivity contribution in [3.8, 4) is 93.3 Å². The Morgan fingerprint density at radius 2 is 0.554 bits per heavy atom. The van der Waals surface area contributed by atoms with Crippen LogP contribution in [0.3, 0.4) is 0 Å². The minimum atomic E-state index is -0.598. The van der Waals surface area contributed by atoms with E-state index in [9.17, 15) is 55.9 Å². The Morgan fingerprint density at radius 3 is 0.826 bits per heavy atom. The normalized spacial score (nSPS) is 10.6. The highest BCUT2D eigenvalue weighted by molar-refractivity contribution is 6.31. The van der Waals surface area contributed by atoms with Crippen molar-refractivity contribution in [2.75, 3.05) is 26.4 Å². The predicted octanol–water partition coefficient (Wildman–Crippen LogP) is 15.6. The maximum Gasteiger partial charge on any atom is 0.328 e. The monoisotopic (exact) mass is 1720 g/mol. The van der Waals surface area contributed by atoms with E-state index in [1.54, 1.807) is 84.9 Å². The number of nitrogens with zero attached hydrogens (tertiary/aromatic N) is 8. The lowest BCUT2D eigenvalue weighted by atomic mass is 10.2. The fourth-order valence-electron chi connectivity index (χ4n) is 10.2. The van der Waals surface area contributed by atoms with Crippen LogP contribution in [-0.2, 0) is 26.2 Å². The molecular weight excluding hydrogens is 1660 g/mol. The van der Waals surface area contributed by atoms with Gasteiger partial charge in [0.05, 0.1) is 50.5 Å². The van der Waals surface area contributed by atoms with Gasteiger partial charge in [-0.3, -0.25) is 57.4 Å². The Morgan fingerprint density at radius 1 is 0.298 bits per heavy atom. The molecule has 28 nitrogen and oxygen atoms in total. The smallest absolute Gasteiger partial charge is 0.328 e. The molecule has 12 rings (SSSR count). The van der Waals surface area contributed by atoms with Crippen LogP contribution in [0.4, 0.5) is 17.6 Å². The number of hydrogen-bond donors (Lipinski definition) is 4. The molecule has 0 radical (unpaired) electrons.